The van der Waals surface area contributed by atoms with Crippen LogP contribution >= 0.6 is 0 Å². The number of hydrogen-bond donors (Lipinski definition) is 0. The summed E-state index contributed by atoms with van der Waals surface area (Å²) >= 11 is 0. The van der Waals surface area contributed by atoms with Crippen LogP contribution in [0.15, 0.2) is 170 Å². The summed E-state index contributed by atoms with van der Waals surface area (Å²) in [5.74, 6) is 0. The van der Waals surface area contributed by atoms with Crippen LogP contribution < -0.4 is 0 Å². The summed E-state index contributed by atoms with van der Waals surface area (Å²) in [7, 11) is 0. The molecule has 0 fully saturated rings. The van der Waals surface area contributed by atoms with Crippen molar-refractivity contribution in [2.45, 2.75) is 0 Å². The fourth-order valence-corrected chi connectivity index (χ4v) is 8.91. The Morgan fingerprint density at radius 3 is 1.10 bits per heavy atom. The second-order valence-corrected chi connectivity index (χ2v) is 13.8. The van der Waals surface area contributed by atoms with E-state index in [-0.39, 0.29) is 0 Å². The van der Waals surface area contributed by atoms with E-state index in [1.165, 1.54) is 109 Å². The van der Waals surface area contributed by atoms with Crippen LogP contribution in [-0.2, 0) is 0 Å². The van der Waals surface area contributed by atoms with Crippen LogP contribution in [0.2, 0.25) is 0 Å². The van der Waals surface area contributed by atoms with E-state index in [0.717, 1.165) is 0 Å². The Morgan fingerprint density at radius 1 is 0.240 bits per heavy atom. The zero-order valence-electron chi connectivity index (χ0n) is 27.1. The summed E-state index contributed by atoms with van der Waals surface area (Å²) < 4.78 is 4.95. The van der Waals surface area contributed by atoms with E-state index >= 15 is 0 Å². The van der Waals surface area contributed by atoms with Gasteiger partial charge in [-0.05, 0) is 115 Å². The quantitative estimate of drug-likeness (QED) is 0.172. The molecule has 0 bridgehead atoms. The van der Waals surface area contributed by atoms with Crippen molar-refractivity contribution < 1.29 is 0 Å². The van der Waals surface area contributed by atoms with Gasteiger partial charge in [-0.25, -0.2) is 0 Å². The molecular weight excluding hydrogens is 605 g/mol. The Balaban J connectivity index is 1.17. The topological polar surface area (TPSA) is 9.86 Å². The smallest absolute Gasteiger partial charge is 0.0553 e. The molecule has 0 aliphatic heterocycles. The van der Waals surface area contributed by atoms with Gasteiger partial charge in [0.1, 0.15) is 0 Å². The molecule has 0 spiro atoms. The van der Waals surface area contributed by atoms with Crippen molar-refractivity contribution in [3.05, 3.63) is 170 Å². The molecule has 2 heterocycles. The van der Waals surface area contributed by atoms with Crippen LogP contribution in [0.4, 0.5) is 0 Å². The molecule has 0 amide bonds. The summed E-state index contributed by atoms with van der Waals surface area (Å²) in [6.07, 6.45) is 0. The highest BCUT2D eigenvalue weighted by atomic mass is 15.0. The number of benzene rings is 10. The van der Waals surface area contributed by atoms with Crippen molar-refractivity contribution in [1.29, 1.82) is 0 Å². The van der Waals surface area contributed by atoms with Gasteiger partial charge in [-0.1, -0.05) is 109 Å². The molecule has 2 aromatic heterocycles. The molecule has 0 saturated heterocycles. The Bertz CT molecular complexity index is 3090. The highest BCUT2D eigenvalue weighted by Crippen LogP contribution is 2.44. The average molecular weight is 633 g/mol. The van der Waals surface area contributed by atoms with E-state index in [1.54, 1.807) is 0 Å². The van der Waals surface area contributed by atoms with Gasteiger partial charge >= 0.3 is 0 Å². The van der Waals surface area contributed by atoms with Crippen molar-refractivity contribution in [3.8, 4) is 22.5 Å². The van der Waals surface area contributed by atoms with Gasteiger partial charge in [0, 0.05) is 32.9 Å². The Kier molecular flexibility index (Phi) is 5.00. The third-order valence-electron chi connectivity index (χ3n) is 11.1. The average Bonchev–Trinajstić information content (AvgIpc) is 3.70. The molecule has 12 aromatic rings. The van der Waals surface area contributed by atoms with E-state index in [4.69, 9.17) is 0 Å². The first-order valence-corrected chi connectivity index (χ1v) is 17.3. The number of nitrogens with zero attached hydrogens (tertiary/aromatic N) is 2. The van der Waals surface area contributed by atoms with E-state index in [9.17, 15) is 0 Å². The maximum atomic E-state index is 2.47. The molecule has 0 radical (unpaired) electrons. The molecule has 50 heavy (non-hydrogen) atoms. The Labute approximate surface area is 287 Å². The monoisotopic (exact) mass is 632 g/mol. The molecule has 0 aliphatic carbocycles. The van der Waals surface area contributed by atoms with Crippen LogP contribution in [0, 0.1) is 0 Å². The van der Waals surface area contributed by atoms with Gasteiger partial charge < -0.3 is 9.13 Å². The van der Waals surface area contributed by atoms with Gasteiger partial charge in [-0.2, -0.15) is 0 Å². The first-order chi connectivity index (χ1) is 24.8. The summed E-state index contributed by atoms with van der Waals surface area (Å²) in [5, 5.41) is 15.4. The lowest BCUT2D eigenvalue weighted by molar-refractivity contribution is 1.18. The number of rotatable bonds is 3. The highest BCUT2D eigenvalue weighted by molar-refractivity contribution is 6.27. The minimum atomic E-state index is 1.18. The predicted octanol–water partition coefficient (Wildman–Crippen LogP) is 13.0. The van der Waals surface area contributed by atoms with Crippen LogP contribution in [0.5, 0.6) is 0 Å². The van der Waals surface area contributed by atoms with Crippen molar-refractivity contribution >= 4 is 86.7 Å². The molecule has 10 aromatic carbocycles. The Morgan fingerprint density at radius 2 is 0.620 bits per heavy atom. The molecule has 0 unspecified atom stereocenters. The zero-order valence-corrected chi connectivity index (χ0v) is 27.1. The van der Waals surface area contributed by atoms with E-state index in [0.29, 0.717) is 0 Å². The molecule has 0 aliphatic rings. The first kappa shape index (κ1) is 26.3. The molecule has 0 N–H and O–H groups in total. The zero-order chi connectivity index (χ0) is 32.5. The van der Waals surface area contributed by atoms with Crippen molar-refractivity contribution in [2.24, 2.45) is 0 Å². The van der Waals surface area contributed by atoms with E-state index < -0.39 is 0 Å². The van der Waals surface area contributed by atoms with E-state index in [1.807, 2.05) is 0 Å². The van der Waals surface area contributed by atoms with Crippen LogP contribution in [0.3, 0.4) is 0 Å². The molecular formula is C48H28N2. The number of fused-ring (bicyclic) bond motifs is 2. The molecule has 230 valence electrons. The molecule has 2 heteroatoms. The van der Waals surface area contributed by atoms with Gasteiger partial charge in [0.25, 0.3) is 0 Å². The number of hydrogen-bond acceptors (Lipinski definition) is 0. The van der Waals surface area contributed by atoms with Gasteiger partial charge in [-0.3, -0.25) is 0 Å². The summed E-state index contributed by atoms with van der Waals surface area (Å²) in [6.45, 7) is 0. The van der Waals surface area contributed by atoms with Crippen molar-refractivity contribution in [1.82, 2.24) is 9.13 Å². The van der Waals surface area contributed by atoms with Gasteiger partial charge in [0.15, 0.2) is 0 Å². The SMILES string of the molecule is c1ccc2cc(-n3c4cccc5ccc6cc(-c7cc8ccc9cccc%10c9c8c(c7)n%10-c7ccc8ccccc8c7)cc3c6c54)ccc2c1. The Hall–Kier alpha value is -6.64. The standard InChI is InChI=1S/C48H28N2/c1-3-9-33-25-39(21-19-29(33)7-1)49-41-13-5-11-31-15-17-35-23-37(27-43(49)47(35)45(31)41)38-24-36-18-16-32-12-6-14-42-46(32)48(36)44(28-38)50(42)40-22-20-30-8-2-4-10-34(30)26-40/h1-28H. The first-order valence-electron chi connectivity index (χ1n) is 17.3. The van der Waals surface area contributed by atoms with Crippen LogP contribution in [-0.4, -0.2) is 9.13 Å². The lowest BCUT2D eigenvalue weighted by atomic mass is 9.94. The fourth-order valence-electron chi connectivity index (χ4n) is 8.91. The second-order valence-electron chi connectivity index (χ2n) is 13.8. The summed E-state index contributed by atoms with van der Waals surface area (Å²) in [4.78, 5) is 0. The minimum absolute atomic E-state index is 1.18. The highest BCUT2D eigenvalue weighted by Gasteiger charge is 2.21. The minimum Gasteiger partial charge on any atom is -0.309 e. The number of aromatic nitrogens is 2. The fraction of sp³-hybridized carbons (Fsp3) is 0. The largest absolute Gasteiger partial charge is 0.309 e. The lowest BCUT2D eigenvalue weighted by Gasteiger charge is -2.13. The van der Waals surface area contributed by atoms with Crippen LogP contribution in [0.1, 0.15) is 0 Å². The predicted molar refractivity (Wildman–Crippen MR) is 213 cm³/mol. The summed E-state index contributed by atoms with van der Waals surface area (Å²) in [6, 6.07) is 63.2. The lowest BCUT2D eigenvalue weighted by Crippen LogP contribution is -1.95. The maximum Gasteiger partial charge on any atom is 0.0553 e. The second kappa shape index (κ2) is 9.49. The van der Waals surface area contributed by atoms with Gasteiger partial charge in [-0.15, -0.1) is 0 Å². The normalized spacial score (nSPS) is 12.4. The van der Waals surface area contributed by atoms with Gasteiger partial charge in [0.2, 0.25) is 0 Å². The van der Waals surface area contributed by atoms with E-state index in [2.05, 4.69) is 179 Å². The summed E-state index contributed by atoms with van der Waals surface area (Å²) in [5.41, 5.74) is 9.77. The maximum absolute atomic E-state index is 2.47. The van der Waals surface area contributed by atoms with Crippen molar-refractivity contribution in [2.75, 3.05) is 0 Å². The molecule has 12 rings (SSSR count). The molecule has 2 nitrogen and oxygen atoms in total. The van der Waals surface area contributed by atoms with Crippen LogP contribution in [0.25, 0.3) is 109 Å². The third-order valence-corrected chi connectivity index (χ3v) is 11.1. The molecule has 0 saturated carbocycles. The van der Waals surface area contributed by atoms with Crippen molar-refractivity contribution in [3.63, 3.8) is 0 Å². The van der Waals surface area contributed by atoms with Gasteiger partial charge in [0.05, 0.1) is 22.1 Å². The molecule has 0 atom stereocenters. The third kappa shape index (κ3) is 3.47.